The van der Waals surface area contributed by atoms with Crippen molar-refractivity contribution in [2.75, 3.05) is 20.7 Å². The number of carbonyl (C=O) groups is 4. The minimum atomic E-state index is -1.00. The Hall–Kier alpha value is -3.72. The van der Waals surface area contributed by atoms with Gasteiger partial charge in [-0.1, -0.05) is 79.9 Å². The van der Waals surface area contributed by atoms with Gasteiger partial charge in [-0.05, 0) is 56.7 Å². The average Bonchev–Trinajstić information content (AvgIpc) is 3.54. The van der Waals surface area contributed by atoms with Crippen LogP contribution in [-0.4, -0.2) is 73.5 Å². The highest BCUT2D eigenvalue weighted by Crippen LogP contribution is 2.31. The molecule has 2 aromatic rings. The summed E-state index contributed by atoms with van der Waals surface area (Å²) in [5.41, 5.74) is 1.72. The first kappa shape index (κ1) is 31.2. The number of nitrogens with one attached hydrogen (secondary N) is 3. The first-order chi connectivity index (χ1) is 20.3. The van der Waals surface area contributed by atoms with Crippen LogP contribution in [0.25, 0.3) is 0 Å². The zero-order valence-electron chi connectivity index (χ0n) is 24.9. The van der Waals surface area contributed by atoms with Gasteiger partial charge in [0, 0.05) is 12.5 Å². The minimum Gasteiger partial charge on any atom is -0.467 e. The number of likely N-dealkylation sites (tertiary alicyclic amines) is 1. The van der Waals surface area contributed by atoms with Gasteiger partial charge >= 0.3 is 5.97 Å². The Balaban J connectivity index is 1.59. The summed E-state index contributed by atoms with van der Waals surface area (Å²) in [6.07, 6.45) is 5.99. The quantitative estimate of drug-likeness (QED) is 0.354. The number of hydrogen-bond acceptors (Lipinski definition) is 6. The Morgan fingerprint density at radius 1 is 0.833 bits per heavy atom. The first-order valence-corrected chi connectivity index (χ1v) is 15.1. The monoisotopic (exact) mass is 576 g/mol. The molecule has 0 spiro atoms. The van der Waals surface area contributed by atoms with Crippen molar-refractivity contribution in [1.29, 1.82) is 0 Å². The van der Waals surface area contributed by atoms with E-state index in [1.54, 1.807) is 18.9 Å². The van der Waals surface area contributed by atoms with E-state index in [0.29, 0.717) is 19.4 Å². The minimum absolute atomic E-state index is 0.0203. The highest BCUT2D eigenvalue weighted by atomic mass is 16.5. The summed E-state index contributed by atoms with van der Waals surface area (Å²) < 4.78 is 5.18. The number of rotatable bonds is 11. The van der Waals surface area contributed by atoms with Crippen LogP contribution in [-0.2, 0) is 23.9 Å². The van der Waals surface area contributed by atoms with E-state index in [9.17, 15) is 19.2 Å². The van der Waals surface area contributed by atoms with Gasteiger partial charge in [0.2, 0.25) is 17.7 Å². The zero-order chi connectivity index (χ0) is 30.1. The lowest BCUT2D eigenvalue weighted by atomic mass is 9.83. The van der Waals surface area contributed by atoms with Crippen molar-refractivity contribution in [1.82, 2.24) is 20.9 Å². The molecular formula is C33H44N4O5. The second kappa shape index (κ2) is 15.0. The molecule has 9 heteroatoms. The number of ether oxygens (including phenoxy) is 1. The topological polar surface area (TPSA) is 117 Å². The third-order valence-electron chi connectivity index (χ3n) is 8.75. The number of carbonyl (C=O) groups excluding carboxylic acids is 4. The molecule has 0 bridgehead atoms. The van der Waals surface area contributed by atoms with Crippen LogP contribution in [0.15, 0.2) is 60.7 Å². The van der Waals surface area contributed by atoms with E-state index >= 15 is 0 Å². The Kier molecular flexibility index (Phi) is 11.1. The second-order valence-corrected chi connectivity index (χ2v) is 11.4. The molecule has 3 N–H and O–H groups in total. The number of amides is 3. The van der Waals surface area contributed by atoms with Crippen LogP contribution < -0.4 is 16.0 Å². The SMILES string of the molecule is CN[C@@H](C)C(=O)N[C@H](C(=O)N1CCC[C@H]1C(=O)NC(C(=O)OC)C(c1ccccc1)c1ccccc1)C1CCCCC1. The number of nitrogens with zero attached hydrogens (tertiary/aromatic N) is 1. The van der Waals surface area contributed by atoms with Gasteiger partial charge in [0.1, 0.15) is 18.1 Å². The van der Waals surface area contributed by atoms with Gasteiger partial charge in [0.15, 0.2) is 0 Å². The normalized spacial score (nSPS) is 19.5. The van der Waals surface area contributed by atoms with Crippen LogP contribution in [0.2, 0.25) is 0 Å². The van der Waals surface area contributed by atoms with E-state index in [-0.39, 0.29) is 17.7 Å². The molecule has 0 aromatic heterocycles. The molecule has 4 atom stereocenters. The Labute approximate surface area is 248 Å². The lowest BCUT2D eigenvalue weighted by Gasteiger charge is -2.35. The largest absolute Gasteiger partial charge is 0.467 e. The summed E-state index contributed by atoms with van der Waals surface area (Å²) in [7, 11) is 3.02. The lowest BCUT2D eigenvalue weighted by molar-refractivity contribution is -0.147. The summed E-state index contributed by atoms with van der Waals surface area (Å²) in [6.45, 7) is 2.17. The van der Waals surface area contributed by atoms with Crippen molar-refractivity contribution < 1.29 is 23.9 Å². The van der Waals surface area contributed by atoms with Crippen LogP contribution in [0.3, 0.4) is 0 Å². The molecule has 226 valence electrons. The second-order valence-electron chi connectivity index (χ2n) is 11.4. The predicted molar refractivity (Wildman–Crippen MR) is 160 cm³/mol. The van der Waals surface area contributed by atoms with Gasteiger partial charge < -0.3 is 25.6 Å². The van der Waals surface area contributed by atoms with Gasteiger partial charge in [-0.3, -0.25) is 14.4 Å². The van der Waals surface area contributed by atoms with Crippen molar-refractivity contribution in [3.63, 3.8) is 0 Å². The molecule has 1 aliphatic carbocycles. The molecule has 1 aliphatic heterocycles. The Morgan fingerprint density at radius 3 is 1.98 bits per heavy atom. The molecule has 9 nitrogen and oxygen atoms in total. The molecule has 2 fully saturated rings. The lowest BCUT2D eigenvalue weighted by Crippen LogP contribution is -2.59. The van der Waals surface area contributed by atoms with Crippen molar-refractivity contribution in [2.24, 2.45) is 5.92 Å². The number of hydrogen-bond donors (Lipinski definition) is 3. The first-order valence-electron chi connectivity index (χ1n) is 15.1. The highest BCUT2D eigenvalue weighted by molar-refractivity contribution is 5.95. The number of likely N-dealkylation sites (N-methyl/N-ethyl adjacent to an activating group) is 1. The maximum absolute atomic E-state index is 14.1. The van der Waals surface area contributed by atoms with E-state index in [1.165, 1.54) is 7.11 Å². The van der Waals surface area contributed by atoms with Crippen LogP contribution >= 0.6 is 0 Å². The smallest absolute Gasteiger partial charge is 0.329 e. The fourth-order valence-corrected chi connectivity index (χ4v) is 6.29. The van der Waals surface area contributed by atoms with E-state index in [4.69, 9.17) is 4.74 Å². The van der Waals surface area contributed by atoms with Crippen LogP contribution in [0.4, 0.5) is 0 Å². The maximum Gasteiger partial charge on any atom is 0.329 e. The summed E-state index contributed by atoms with van der Waals surface area (Å²) in [6, 6.07) is 16.2. The standard InChI is InChI=1S/C33H44N4O5/c1-22(34-2)30(38)35-28(25-18-11-6-12-19-25)32(40)37-21-13-20-26(37)31(39)36-29(33(41)42-3)27(23-14-7-4-8-15-23)24-16-9-5-10-17-24/h4-5,7-10,14-17,22,25-29,34H,6,11-13,18-21H2,1-3H3,(H,35,38)(H,36,39)/t22-,26-,28-,29?/m0/s1. The summed E-state index contributed by atoms with van der Waals surface area (Å²) in [4.78, 5) is 55.7. The number of methoxy groups -OCH3 is 1. The van der Waals surface area contributed by atoms with Crippen LogP contribution in [0.1, 0.15) is 68.9 Å². The molecule has 4 rings (SSSR count). The van der Waals surface area contributed by atoms with E-state index < -0.39 is 42.0 Å². The Bertz CT molecular complexity index is 1160. The molecule has 2 aromatic carbocycles. The molecule has 1 heterocycles. The maximum atomic E-state index is 14.1. The molecule has 0 radical (unpaired) electrons. The van der Waals surface area contributed by atoms with Crippen molar-refractivity contribution in [3.8, 4) is 0 Å². The third kappa shape index (κ3) is 7.37. The Morgan fingerprint density at radius 2 is 1.43 bits per heavy atom. The van der Waals surface area contributed by atoms with E-state index in [1.807, 2.05) is 60.7 Å². The summed E-state index contributed by atoms with van der Waals surface area (Å²) in [5.74, 6) is -1.90. The molecule has 1 saturated carbocycles. The van der Waals surface area contributed by atoms with Crippen molar-refractivity contribution in [2.45, 2.75) is 82.0 Å². The van der Waals surface area contributed by atoms with Crippen molar-refractivity contribution in [3.05, 3.63) is 71.8 Å². The molecular weight excluding hydrogens is 532 g/mol. The van der Waals surface area contributed by atoms with Gasteiger partial charge in [-0.25, -0.2) is 4.79 Å². The van der Waals surface area contributed by atoms with Gasteiger partial charge in [0.05, 0.1) is 13.2 Å². The predicted octanol–water partition coefficient (Wildman–Crippen LogP) is 3.14. The summed E-state index contributed by atoms with van der Waals surface area (Å²) in [5, 5.41) is 8.92. The fraction of sp³-hybridized carbons (Fsp3) is 0.515. The van der Waals surface area contributed by atoms with Crippen LogP contribution in [0, 0.1) is 5.92 Å². The number of benzene rings is 2. The molecule has 1 saturated heterocycles. The van der Waals surface area contributed by atoms with E-state index in [2.05, 4.69) is 16.0 Å². The van der Waals surface area contributed by atoms with Crippen LogP contribution in [0.5, 0.6) is 0 Å². The fourth-order valence-electron chi connectivity index (χ4n) is 6.29. The van der Waals surface area contributed by atoms with Crippen molar-refractivity contribution >= 4 is 23.7 Å². The third-order valence-corrected chi connectivity index (χ3v) is 8.75. The van der Waals surface area contributed by atoms with Gasteiger partial charge in [0.25, 0.3) is 0 Å². The molecule has 1 unspecified atom stereocenters. The number of esters is 1. The van der Waals surface area contributed by atoms with Gasteiger partial charge in [-0.15, -0.1) is 0 Å². The highest BCUT2D eigenvalue weighted by Gasteiger charge is 2.43. The molecule has 42 heavy (non-hydrogen) atoms. The zero-order valence-corrected chi connectivity index (χ0v) is 24.9. The average molecular weight is 577 g/mol. The summed E-state index contributed by atoms with van der Waals surface area (Å²) >= 11 is 0. The van der Waals surface area contributed by atoms with Gasteiger partial charge in [-0.2, -0.15) is 0 Å². The van der Waals surface area contributed by atoms with E-state index in [0.717, 1.165) is 43.2 Å². The molecule has 2 aliphatic rings. The molecule has 3 amide bonds.